The zero-order valence-electron chi connectivity index (χ0n) is 13.0. The zero-order valence-corrected chi connectivity index (χ0v) is 13.0. The van der Waals surface area contributed by atoms with E-state index in [4.69, 9.17) is 0 Å². The van der Waals surface area contributed by atoms with Crippen LogP contribution in [0.25, 0.3) is 0 Å². The van der Waals surface area contributed by atoms with E-state index < -0.39 is 11.5 Å². The lowest BCUT2D eigenvalue weighted by Gasteiger charge is -2.35. The van der Waals surface area contributed by atoms with E-state index >= 15 is 0 Å². The molecule has 1 aliphatic carbocycles. The van der Waals surface area contributed by atoms with Gasteiger partial charge in [-0.05, 0) is 44.2 Å². The van der Waals surface area contributed by atoms with Gasteiger partial charge in [0.1, 0.15) is 5.56 Å². The van der Waals surface area contributed by atoms with Gasteiger partial charge in [0.05, 0.1) is 5.60 Å². The molecule has 1 amide bonds. The van der Waals surface area contributed by atoms with Crippen LogP contribution < -0.4 is 10.9 Å². The van der Waals surface area contributed by atoms with Crippen LogP contribution in [-0.4, -0.2) is 28.1 Å². The van der Waals surface area contributed by atoms with Gasteiger partial charge in [-0.25, -0.2) is 0 Å². The molecule has 2 rings (SSSR count). The van der Waals surface area contributed by atoms with Gasteiger partial charge in [0.2, 0.25) is 0 Å². The summed E-state index contributed by atoms with van der Waals surface area (Å²) in [5, 5.41) is 13.2. The Morgan fingerprint density at radius 3 is 2.86 bits per heavy atom. The normalized spacial score (nSPS) is 25.6. The fourth-order valence-corrected chi connectivity index (χ4v) is 3.26. The van der Waals surface area contributed by atoms with Crippen LogP contribution in [0.3, 0.4) is 0 Å². The minimum atomic E-state index is -0.849. The third-order valence-corrected chi connectivity index (χ3v) is 4.24. The highest BCUT2D eigenvalue weighted by Gasteiger charge is 2.33. The average molecular weight is 292 g/mol. The van der Waals surface area contributed by atoms with Crippen molar-refractivity contribution >= 4 is 5.91 Å². The van der Waals surface area contributed by atoms with Crippen LogP contribution in [0.15, 0.2) is 10.9 Å². The number of hydrogen-bond donors (Lipinski definition) is 3. The number of pyridine rings is 1. The molecule has 0 saturated heterocycles. The molecular weight excluding hydrogens is 268 g/mol. The number of hydrogen-bond acceptors (Lipinski definition) is 3. The van der Waals surface area contributed by atoms with E-state index in [1.165, 1.54) is 0 Å². The van der Waals surface area contributed by atoms with Crippen molar-refractivity contribution in [1.82, 2.24) is 10.3 Å². The number of nitrogens with one attached hydrogen (secondary N) is 2. The molecule has 5 nitrogen and oxygen atoms in total. The number of carbonyl (C=O) groups is 1. The van der Waals surface area contributed by atoms with Crippen molar-refractivity contribution in [2.75, 3.05) is 6.54 Å². The average Bonchev–Trinajstić information content (AvgIpc) is 2.35. The number of aromatic amines is 1. The third kappa shape index (κ3) is 3.73. The van der Waals surface area contributed by atoms with Crippen molar-refractivity contribution < 1.29 is 9.90 Å². The number of aryl methyl sites for hydroxylation is 2. The molecule has 0 aliphatic heterocycles. The highest BCUT2D eigenvalue weighted by molar-refractivity contribution is 5.95. The Balaban J connectivity index is 2.07. The monoisotopic (exact) mass is 292 g/mol. The Labute approximate surface area is 124 Å². The van der Waals surface area contributed by atoms with E-state index in [0.29, 0.717) is 24.3 Å². The van der Waals surface area contributed by atoms with E-state index in [1.807, 2.05) is 0 Å². The van der Waals surface area contributed by atoms with E-state index in [1.54, 1.807) is 19.9 Å². The Kier molecular flexibility index (Phi) is 4.52. The van der Waals surface area contributed by atoms with Crippen molar-refractivity contribution in [3.05, 3.63) is 33.2 Å². The minimum Gasteiger partial charge on any atom is -0.388 e. The van der Waals surface area contributed by atoms with Crippen LogP contribution in [0.5, 0.6) is 0 Å². The smallest absolute Gasteiger partial charge is 0.261 e. The summed E-state index contributed by atoms with van der Waals surface area (Å²) in [6, 6.07) is 1.77. The Morgan fingerprint density at radius 1 is 1.52 bits per heavy atom. The summed E-state index contributed by atoms with van der Waals surface area (Å²) in [6.45, 7) is 5.83. The van der Waals surface area contributed by atoms with Gasteiger partial charge in [0.25, 0.3) is 11.5 Å². The Hall–Kier alpha value is -1.62. The first-order valence-electron chi connectivity index (χ1n) is 7.52. The van der Waals surface area contributed by atoms with Crippen LogP contribution in [0.2, 0.25) is 0 Å². The molecule has 116 valence electrons. The van der Waals surface area contributed by atoms with Gasteiger partial charge in [-0.1, -0.05) is 19.8 Å². The van der Waals surface area contributed by atoms with Crippen molar-refractivity contribution in [3.8, 4) is 0 Å². The molecule has 0 spiro atoms. The van der Waals surface area contributed by atoms with Crippen molar-refractivity contribution in [2.45, 2.75) is 52.1 Å². The maximum Gasteiger partial charge on any atom is 0.261 e. The van der Waals surface area contributed by atoms with Crippen LogP contribution in [0.4, 0.5) is 0 Å². The first-order valence-corrected chi connectivity index (χ1v) is 7.52. The molecule has 3 N–H and O–H groups in total. The molecule has 0 aromatic carbocycles. The molecule has 1 heterocycles. The van der Waals surface area contributed by atoms with E-state index in [9.17, 15) is 14.7 Å². The molecule has 5 heteroatoms. The summed E-state index contributed by atoms with van der Waals surface area (Å²) < 4.78 is 0. The maximum atomic E-state index is 12.2. The highest BCUT2D eigenvalue weighted by atomic mass is 16.3. The molecule has 2 unspecified atom stereocenters. The fraction of sp³-hybridized carbons (Fsp3) is 0.625. The number of carbonyl (C=O) groups excluding carboxylic acids is 1. The van der Waals surface area contributed by atoms with Gasteiger partial charge < -0.3 is 15.4 Å². The largest absolute Gasteiger partial charge is 0.388 e. The SMILES string of the molecule is Cc1cc(C)c(C(=O)NCC2(O)CCCC(C)C2)c(=O)[nH]1. The number of aromatic nitrogens is 1. The van der Waals surface area contributed by atoms with Crippen LogP contribution >= 0.6 is 0 Å². The molecule has 0 bridgehead atoms. The lowest BCUT2D eigenvalue weighted by Crippen LogP contribution is -2.46. The first kappa shape index (κ1) is 15.8. The van der Waals surface area contributed by atoms with Crippen molar-refractivity contribution in [3.63, 3.8) is 0 Å². The molecule has 1 fully saturated rings. The van der Waals surface area contributed by atoms with Gasteiger partial charge >= 0.3 is 0 Å². The predicted molar refractivity (Wildman–Crippen MR) is 81.5 cm³/mol. The van der Waals surface area contributed by atoms with Crippen molar-refractivity contribution in [1.29, 1.82) is 0 Å². The first-order chi connectivity index (χ1) is 9.81. The number of amides is 1. The number of rotatable bonds is 3. The van der Waals surface area contributed by atoms with Gasteiger partial charge in [0, 0.05) is 12.2 Å². The standard InChI is InChI=1S/C16H24N2O3/c1-10-5-4-6-16(21,8-10)9-17-14(19)13-11(2)7-12(3)18-15(13)20/h7,10,21H,4-6,8-9H2,1-3H3,(H,17,19)(H,18,20). The Bertz CT molecular complexity index is 594. The molecule has 1 saturated carbocycles. The number of aliphatic hydroxyl groups is 1. The van der Waals surface area contributed by atoms with Gasteiger partial charge in [-0.15, -0.1) is 0 Å². The second-order valence-corrected chi connectivity index (χ2v) is 6.45. The summed E-state index contributed by atoms with van der Waals surface area (Å²) in [4.78, 5) is 26.8. The van der Waals surface area contributed by atoms with Crippen LogP contribution in [0, 0.1) is 19.8 Å². The molecular formula is C16H24N2O3. The van der Waals surface area contributed by atoms with E-state index in [-0.39, 0.29) is 17.7 Å². The van der Waals surface area contributed by atoms with Crippen LogP contribution in [-0.2, 0) is 0 Å². The predicted octanol–water partition coefficient (Wildman–Crippen LogP) is 1.66. The molecule has 0 radical (unpaired) electrons. The quantitative estimate of drug-likeness (QED) is 0.792. The molecule has 1 aromatic heterocycles. The summed E-state index contributed by atoms with van der Waals surface area (Å²) in [6.07, 6.45) is 3.47. The maximum absolute atomic E-state index is 12.2. The topological polar surface area (TPSA) is 82.2 Å². The molecule has 2 atom stereocenters. The summed E-state index contributed by atoms with van der Waals surface area (Å²) >= 11 is 0. The second-order valence-electron chi connectivity index (χ2n) is 6.45. The zero-order chi connectivity index (χ0) is 15.6. The summed E-state index contributed by atoms with van der Waals surface area (Å²) in [5.41, 5.74) is 0.284. The lowest BCUT2D eigenvalue weighted by atomic mass is 9.79. The molecule has 21 heavy (non-hydrogen) atoms. The van der Waals surface area contributed by atoms with E-state index in [0.717, 1.165) is 18.5 Å². The number of H-pyrrole nitrogens is 1. The fourth-order valence-electron chi connectivity index (χ4n) is 3.26. The van der Waals surface area contributed by atoms with Crippen LogP contribution in [0.1, 0.15) is 54.2 Å². The summed E-state index contributed by atoms with van der Waals surface area (Å²) in [5.74, 6) is 0.0468. The molecule has 1 aliphatic rings. The molecule has 1 aromatic rings. The van der Waals surface area contributed by atoms with Gasteiger partial charge in [-0.3, -0.25) is 9.59 Å². The summed E-state index contributed by atoms with van der Waals surface area (Å²) in [7, 11) is 0. The third-order valence-electron chi connectivity index (χ3n) is 4.24. The van der Waals surface area contributed by atoms with E-state index in [2.05, 4.69) is 17.2 Å². The minimum absolute atomic E-state index is 0.132. The van der Waals surface area contributed by atoms with Gasteiger partial charge in [0.15, 0.2) is 0 Å². The highest BCUT2D eigenvalue weighted by Crippen LogP contribution is 2.31. The lowest BCUT2D eigenvalue weighted by molar-refractivity contribution is -0.0109. The second kappa shape index (κ2) is 6.02. The Morgan fingerprint density at radius 2 is 2.24 bits per heavy atom. The van der Waals surface area contributed by atoms with Crippen molar-refractivity contribution in [2.24, 2.45) is 5.92 Å². The van der Waals surface area contributed by atoms with Gasteiger partial charge in [-0.2, -0.15) is 0 Å².